The van der Waals surface area contributed by atoms with Gasteiger partial charge in [0.2, 0.25) is 0 Å². The van der Waals surface area contributed by atoms with E-state index in [-0.39, 0.29) is 29.6 Å². The largest absolute Gasteiger partial charge is 1.00 e. The fourth-order valence-corrected chi connectivity index (χ4v) is 1.95. The van der Waals surface area contributed by atoms with Crippen molar-refractivity contribution in [3.8, 4) is 0 Å². The van der Waals surface area contributed by atoms with Crippen LogP contribution in [-0.2, 0) is 8.69 Å². The fraction of sp³-hybridized carbons (Fsp3) is 1.00. The second-order valence-electron chi connectivity index (χ2n) is 4.75. The predicted octanol–water partition coefficient (Wildman–Crippen LogP) is -1.96. The van der Waals surface area contributed by atoms with E-state index in [1.54, 1.807) is 0 Å². The van der Waals surface area contributed by atoms with Crippen molar-refractivity contribution in [2.24, 2.45) is 0 Å². The van der Waals surface area contributed by atoms with Crippen LogP contribution in [0.1, 0.15) is 0 Å². The monoisotopic (exact) mass is 228 g/mol. The quantitative estimate of drug-likeness (QED) is 0.525. The Morgan fingerprint density at radius 2 is 1.08 bits per heavy atom. The normalized spacial score (nSPS) is 12.2. The van der Waals surface area contributed by atoms with E-state index in [0.717, 1.165) is 0 Å². The summed E-state index contributed by atoms with van der Waals surface area (Å²) in [4.78, 5) is 0. The van der Waals surface area contributed by atoms with Gasteiger partial charge in [-0.05, 0) is 39.3 Å². The SMILES string of the molecule is C[Si](C)(C)OB([O-])O[Si](C)(C)C.[Na+]. The van der Waals surface area contributed by atoms with Crippen molar-refractivity contribution in [2.75, 3.05) is 0 Å². The van der Waals surface area contributed by atoms with Gasteiger partial charge in [0, 0.05) is 0 Å². The zero-order valence-electron chi connectivity index (χ0n) is 9.80. The van der Waals surface area contributed by atoms with Gasteiger partial charge in [0.1, 0.15) is 0 Å². The summed E-state index contributed by atoms with van der Waals surface area (Å²) in [5.41, 5.74) is 0. The van der Waals surface area contributed by atoms with Gasteiger partial charge in [-0.1, -0.05) is 0 Å². The van der Waals surface area contributed by atoms with Crippen molar-refractivity contribution in [2.45, 2.75) is 39.3 Å². The van der Waals surface area contributed by atoms with Crippen LogP contribution in [0.3, 0.4) is 0 Å². The standard InChI is InChI=1S/C6H18BO3Si2.Na/c1-11(2,3)9-7(8)10-12(4,5)6;/h1-6H3;/q-1;+1. The molecule has 0 aliphatic rings. The Morgan fingerprint density at radius 1 is 0.846 bits per heavy atom. The van der Waals surface area contributed by atoms with Crippen molar-refractivity contribution < 1.29 is 43.3 Å². The molecule has 0 aromatic carbocycles. The molecule has 0 aliphatic heterocycles. The molecule has 0 saturated carbocycles. The molecule has 7 heteroatoms. The summed E-state index contributed by atoms with van der Waals surface area (Å²) in [5.74, 6) is 0. The molecule has 0 spiro atoms. The first-order chi connectivity index (χ1) is 5.10. The molecule has 0 saturated heterocycles. The van der Waals surface area contributed by atoms with E-state index in [0.29, 0.717) is 0 Å². The van der Waals surface area contributed by atoms with Crippen LogP contribution < -0.4 is 34.6 Å². The molecule has 0 aliphatic carbocycles. The van der Waals surface area contributed by atoms with Crippen LogP contribution in [0, 0.1) is 0 Å². The van der Waals surface area contributed by atoms with Crippen LogP contribution in [0.2, 0.25) is 39.3 Å². The van der Waals surface area contributed by atoms with Gasteiger partial charge < -0.3 is 13.7 Å². The van der Waals surface area contributed by atoms with Crippen LogP contribution in [0.5, 0.6) is 0 Å². The van der Waals surface area contributed by atoms with Gasteiger partial charge in [-0.3, -0.25) is 0 Å². The van der Waals surface area contributed by atoms with Crippen LogP contribution in [0.25, 0.3) is 0 Å². The molecule has 0 fully saturated rings. The topological polar surface area (TPSA) is 41.5 Å². The Kier molecular flexibility index (Phi) is 7.84. The van der Waals surface area contributed by atoms with Gasteiger partial charge in [-0.15, -0.1) is 0 Å². The summed E-state index contributed by atoms with van der Waals surface area (Å²) in [6, 6.07) is 0. The molecule has 0 atom stereocenters. The van der Waals surface area contributed by atoms with E-state index in [9.17, 15) is 5.02 Å². The maximum absolute atomic E-state index is 11.2. The van der Waals surface area contributed by atoms with Gasteiger partial charge in [-0.2, -0.15) is 0 Å². The van der Waals surface area contributed by atoms with Crippen LogP contribution >= 0.6 is 0 Å². The molecule has 0 heterocycles. The summed E-state index contributed by atoms with van der Waals surface area (Å²) >= 11 is 0. The molecule has 0 rings (SSSR count). The third-order valence-electron chi connectivity index (χ3n) is 0.900. The molecule has 0 bridgehead atoms. The third kappa shape index (κ3) is 13.4. The van der Waals surface area contributed by atoms with E-state index < -0.39 is 24.0 Å². The Morgan fingerprint density at radius 3 is 1.23 bits per heavy atom. The van der Waals surface area contributed by atoms with Crippen molar-refractivity contribution in [3.05, 3.63) is 0 Å². The summed E-state index contributed by atoms with van der Waals surface area (Å²) in [7, 11) is -4.75. The molecule has 0 N–H and O–H groups in total. The Labute approximate surface area is 106 Å². The zero-order valence-corrected chi connectivity index (χ0v) is 13.8. The van der Waals surface area contributed by atoms with Crippen molar-refractivity contribution >= 4 is 24.0 Å². The smallest absolute Gasteiger partial charge is 0.833 e. The number of rotatable bonds is 4. The summed E-state index contributed by atoms with van der Waals surface area (Å²) in [6.07, 6.45) is 0. The van der Waals surface area contributed by atoms with Gasteiger partial charge in [-0.25, -0.2) is 0 Å². The average molecular weight is 228 g/mol. The molecule has 13 heavy (non-hydrogen) atoms. The van der Waals surface area contributed by atoms with E-state index in [1.807, 2.05) is 39.3 Å². The molecule has 0 radical (unpaired) electrons. The third-order valence-corrected chi connectivity index (χ3v) is 2.70. The van der Waals surface area contributed by atoms with Crippen molar-refractivity contribution in [3.63, 3.8) is 0 Å². The molecule has 72 valence electrons. The molecular weight excluding hydrogens is 210 g/mol. The molecule has 0 aromatic rings. The zero-order chi connectivity index (χ0) is 9.99. The Bertz CT molecular complexity index is 130. The maximum atomic E-state index is 11.2. The predicted molar refractivity (Wildman–Crippen MR) is 54.6 cm³/mol. The van der Waals surface area contributed by atoms with Gasteiger partial charge in [0.15, 0.2) is 16.6 Å². The number of hydrogen-bond donors (Lipinski definition) is 0. The van der Waals surface area contributed by atoms with E-state index in [1.165, 1.54) is 0 Å². The minimum atomic E-state index is -1.74. The van der Waals surface area contributed by atoms with Crippen LogP contribution in [-0.4, -0.2) is 24.0 Å². The Balaban J connectivity index is 0. The minimum absolute atomic E-state index is 0. The summed E-state index contributed by atoms with van der Waals surface area (Å²) in [5, 5.41) is 11.2. The second kappa shape index (κ2) is 6.07. The van der Waals surface area contributed by atoms with Crippen LogP contribution in [0.15, 0.2) is 0 Å². The van der Waals surface area contributed by atoms with Gasteiger partial charge in [0.25, 0.3) is 0 Å². The molecule has 3 nitrogen and oxygen atoms in total. The summed E-state index contributed by atoms with van der Waals surface area (Å²) < 4.78 is 10.4. The summed E-state index contributed by atoms with van der Waals surface area (Å²) in [6.45, 7) is 11.9. The van der Waals surface area contributed by atoms with Crippen LogP contribution in [0.4, 0.5) is 0 Å². The van der Waals surface area contributed by atoms with Crippen molar-refractivity contribution in [1.29, 1.82) is 0 Å². The molecular formula is C6H18BNaO3Si2. The molecule has 0 amide bonds. The minimum Gasteiger partial charge on any atom is -0.833 e. The first kappa shape index (κ1) is 16.8. The van der Waals surface area contributed by atoms with E-state index in [2.05, 4.69) is 0 Å². The first-order valence-corrected chi connectivity index (χ1v) is 10.9. The van der Waals surface area contributed by atoms with Gasteiger partial charge >= 0.3 is 36.9 Å². The van der Waals surface area contributed by atoms with Crippen molar-refractivity contribution in [1.82, 2.24) is 0 Å². The fourth-order valence-electron chi connectivity index (χ4n) is 0.601. The van der Waals surface area contributed by atoms with E-state index >= 15 is 0 Å². The molecule has 0 unspecified atom stereocenters. The number of hydrogen-bond acceptors (Lipinski definition) is 3. The average Bonchev–Trinajstić information content (AvgIpc) is 1.49. The van der Waals surface area contributed by atoms with E-state index in [4.69, 9.17) is 8.69 Å². The Hall–Kier alpha value is 1.38. The van der Waals surface area contributed by atoms with Gasteiger partial charge in [0.05, 0.1) is 0 Å². The first-order valence-electron chi connectivity index (χ1n) is 4.12. The maximum Gasteiger partial charge on any atom is 1.00 e. The molecule has 0 aromatic heterocycles. The second-order valence-corrected chi connectivity index (χ2v) is 13.7.